The average Bonchev–Trinajstić information content (AvgIpc) is 3.30. The minimum absolute atomic E-state index is 0.00592. The zero-order valence-electron chi connectivity index (χ0n) is 14.4. The van der Waals surface area contributed by atoms with Crippen molar-refractivity contribution in [2.45, 2.75) is 20.0 Å². The highest BCUT2D eigenvalue weighted by Gasteiger charge is 2.14. The van der Waals surface area contributed by atoms with Gasteiger partial charge in [-0.25, -0.2) is 13.2 Å². The molecule has 3 rings (SSSR count). The number of sulfonamides is 1. The van der Waals surface area contributed by atoms with Crippen LogP contribution in [0, 0.1) is 0 Å². The van der Waals surface area contributed by atoms with Gasteiger partial charge in [-0.2, -0.15) is 16.3 Å². The molecule has 0 aliphatic carbocycles. The van der Waals surface area contributed by atoms with Gasteiger partial charge in [-0.3, -0.25) is 4.72 Å². The summed E-state index contributed by atoms with van der Waals surface area (Å²) in [4.78, 5) is 16.4. The van der Waals surface area contributed by atoms with E-state index in [2.05, 4.69) is 14.9 Å². The number of nitrogens with one attached hydrogen (secondary N) is 1. The number of hydrogen-bond acceptors (Lipinski definition) is 8. The summed E-state index contributed by atoms with van der Waals surface area (Å²) in [6.07, 6.45) is 0.495. The molecule has 0 radical (unpaired) electrons. The van der Waals surface area contributed by atoms with Crippen molar-refractivity contribution in [3.8, 4) is 11.5 Å². The fourth-order valence-corrected chi connectivity index (χ4v) is 3.99. The Kier molecular flexibility index (Phi) is 5.87. The fourth-order valence-electron chi connectivity index (χ4n) is 2.24. The molecule has 2 heterocycles. The van der Waals surface area contributed by atoms with Gasteiger partial charge in [0.25, 0.3) is 5.89 Å². The number of esters is 1. The van der Waals surface area contributed by atoms with Crippen LogP contribution in [0.4, 0.5) is 5.69 Å². The number of benzene rings is 1. The Labute approximate surface area is 160 Å². The maximum absolute atomic E-state index is 12.2. The van der Waals surface area contributed by atoms with E-state index in [0.29, 0.717) is 18.0 Å². The largest absolute Gasteiger partial charge is 0.454 e. The lowest BCUT2D eigenvalue weighted by atomic mass is 10.2. The van der Waals surface area contributed by atoms with Crippen LogP contribution in [0.5, 0.6) is 0 Å². The van der Waals surface area contributed by atoms with E-state index < -0.39 is 16.0 Å². The number of hydrogen-bond donors (Lipinski definition) is 1. The van der Waals surface area contributed by atoms with Crippen LogP contribution < -0.4 is 4.72 Å². The minimum Gasteiger partial charge on any atom is -0.454 e. The van der Waals surface area contributed by atoms with Gasteiger partial charge in [-0.05, 0) is 36.1 Å². The van der Waals surface area contributed by atoms with E-state index in [1.807, 2.05) is 16.8 Å². The zero-order valence-corrected chi connectivity index (χ0v) is 16.0. The van der Waals surface area contributed by atoms with Gasteiger partial charge in [0, 0.05) is 11.1 Å². The zero-order chi connectivity index (χ0) is 19.3. The average molecular weight is 407 g/mol. The number of aromatic nitrogens is 2. The van der Waals surface area contributed by atoms with Gasteiger partial charge >= 0.3 is 5.97 Å². The van der Waals surface area contributed by atoms with Crippen LogP contribution in [0.25, 0.3) is 11.5 Å². The Bertz CT molecular complexity index is 1010. The summed E-state index contributed by atoms with van der Waals surface area (Å²) in [6, 6.07) is 7.94. The smallest absolute Gasteiger partial charge is 0.338 e. The number of thiophene rings is 1. The van der Waals surface area contributed by atoms with Crippen molar-refractivity contribution in [3.63, 3.8) is 0 Å². The van der Waals surface area contributed by atoms with E-state index >= 15 is 0 Å². The summed E-state index contributed by atoms with van der Waals surface area (Å²) < 4.78 is 36.4. The maximum Gasteiger partial charge on any atom is 0.338 e. The first-order valence-corrected chi connectivity index (χ1v) is 10.7. The first kappa shape index (κ1) is 19.1. The molecule has 1 N–H and O–H groups in total. The lowest BCUT2D eigenvalue weighted by molar-refractivity contribution is 0.0459. The predicted molar refractivity (Wildman–Crippen MR) is 101 cm³/mol. The Balaban J connectivity index is 1.62. The van der Waals surface area contributed by atoms with Crippen LogP contribution in [0.1, 0.15) is 29.5 Å². The van der Waals surface area contributed by atoms with Crippen molar-refractivity contribution in [2.75, 3.05) is 10.5 Å². The van der Waals surface area contributed by atoms with Gasteiger partial charge in [-0.15, -0.1) is 0 Å². The monoisotopic (exact) mass is 407 g/mol. The molecule has 0 fully saturated rings. The topological polar surface area (TPSA) is 111 Å². The van der Waals surface area contributed by atoms with Gasteiger partial charge in [0.1, 0.15) is 0 Å². The standard InChI is InChI=1S/C17H17N3O5S2/c1-2-8-27(22,23)20-14-5-3-4-12(9-14)17(21)24-10-15-18-16(25-19-15)13-6-7-26-11-13/h3-7,9,11,20H,2,8,10H2,1H3. The number of ether oxygens (including phenoxy) is 1. The number of anilines is 1. The first-order chi connectivity index (χ1) is 13.0. The molecule has 0 bridgehead atoms. The van der Waals surface area contributed by atoms with Crippen LogP contribution in [-0.4, -0.2) is 30.3 Å². The van der Waals surface area contributed by atoms with E-state index in [4.69, 9.17) is 9.26 Å². The Hall–Kier alpha value is -2.72. The van der Waals surface area contributed by atoms with Gasteiger partial charge < -0.3 is 9.26 Å². The molecule has 0 saturated carbocycles. The molecular formula is C17H17N3O5S2. The molecule has 10 heteroatoms. The number of nitrogens with zero attached hydrogens (tertiary/aromatic N) is 2. The highest BCUT2D eigenvalue weighted by atomic mass is 32.2. The molecule has 0 amide bonds. The van der Waals surface area contributed by atoms with E-state index in [-0.39, 0.29) is 23.7 Å². The molecule has 27 heavy (non-hydrogen) atoms. The van der Waals surface area contributed by atoms with Crippen molar-refractivity contribution >= 4 is 33.0 Å². The third-order valence-corrected chi connectivity index (χ3v) is 5.59. The lowest BCUT2D eigenvalue weighted by Gasteiger charge is -2.08. The second kappa shape index (κ2) is 8.31. The molecule has 3 aromatic rings. The van der Waals surface area contributed by atoms with Gasteiger partial charge in [-0.1, -0.05) is 18.1 Å². The summed E-state index contributed by atoms with van der Waals surface area (Å²) in [5.74, 6) is -0.0150. The van der Waals surface area contributed by atoms with Crippen LogP contribution in [-0.2, 0) is 21.4 Å². The first-order valence-electron chi connectivity index (χ1n) is 8.09. The Morgan fingerprint density at radius 3 is 2.93 bits per heavy atom. The Morgan fingerprint density at radius 1 is 1.33 bits per heavy atom. The second-order valence-electron chi connectivity index (χ2n) is 5.61. The van der Waals surface area contributed by atoms with Crippen LogP contribution in [0.15, 0.2) is 45.6 Å². The fraction of sp³-hybridized carbons (Fsp3) is 0.235. The SMILES string of the molecule is CCCS(=O)(=O)Nc1cccc(C(=O)OCc2noc(-c3ccsc3)n2)c1. The van der Waals surface area contributed by atoms with Crippen molar-refractivity contribution in [1.82, 2.24) is 10.1 Å². The lowest BCUT2D eigenvalue weighted by Crippen LogP contribution is -2.16. The third kappa shape index (κ3) is 5.14. The quantitative estimate of drug-likeness (QED) is 0.570. The van der Waals surface area contributed by atoms with Crippen molar-refractivity contribution in [1.29, 1.82) is 0 Å². The number of rotatable bonds is 8. The highest BCUT2D eigenvalue weighted by molar-refractivity contribution is 7.92. The summed E-state index contributed by atoms with van der Waals surface area (Å²) in [7, 11) is -3.43. The molecule has 142 valence electrons. The second-order valence-corrected chi connectivity index (χ2v) is 8.23. The van der Waals surface area contributed by atoms with Gasteiger partial charge in [0.05, 0.1) is 16.9 Å². The maximum atomic E-state index is 12.2. The molecule has 1 aromatic carbocycles. The number of carbonyl (C=O) groups excluding carboxylic acids is 1. The molecule has 2 aromatic heterocycles. The molecule has 0 aliphatic heterocycles. The van der Waals surface area contributed by atoms with Crippen molar-refractivity contribution < 1.29 is 22.5 Å². The normalized spacial score (nSPS) is 11.3. The minimum atomic E-state index is -3.43. The molecule has 0 atom stereocenters. The van der Waals surface area contributed by atoms with E-state index in [1.54, 1.807) is 19.1 Å². The van der Waals surface area contributed by atoms with Crippen molar-refractivity contribution in [2.24, 2.45) is 0 Å². The molecule has 0 spiro atoms. The summed E-state index contributed by atoms with van der Waals surface area (Å²) >= 11 is 1.51. The van der Waals surface area contributed by atoms with Crippen molar-refractivity contribution in [3.05, 3.63) is 52.5 Å². The highest BCUT2D eigenvalue weighted by Crippen LogP contribution is 2.20. The van der Waals surface area contributed by atoms with Gasteiger partial charge in [0.2, 0.25) is 15.8 Å². The molecule has 0 unspecified atom stereocenters. The summed E-state index contributed by atoms with van der Waals surface area (Å²) in [6.45, 7) is 1.62. The molecular weight excluding hydrogens is 390 g/mol. The van der Waals surface area contributed by atoms with E-state index in [1.165, 1.54) is 23.5 Å². The Morgan fingerprint density at radius 2 is 2.19 bits per heavy atom. The molecule has 0 aliphatic rings. The molecule has 0 saturated heterocycles. The number of carbonyl (C=O) groups is 1. The summed E-state index contributed by atoms with van der Waals surface area (Å²) in [5.41, 5.74) is 1.32. The van der Waals surface area contributed by atoms with Crippen LogP contribution in [0.2, 0.25) is 0 Å². The predicted octanol–water partition coefficient (Wildman–Crippen LogP) is 3.31. The van der Waals surface area contributed by atoms with Crippen LogP contribution >= 0.6 is 11.3 Å². The third-order valence-electron chi connectivity index (χ3n) is 3.41. The summed E-state index contributed by atoms with van der Waals surface area (Å²) in [5, 5.41) is 7.53. The molecule has 8 nitrogen and oxygen atoms in total. The van der Waals surface area contributed by atoms with E-state index in [9.17, 15) is 13.2 Å². The van der Waals surface area contributed by atoms with E-state index in [0.717, 1.165) is 5.56 Å². The van der Waals surface area contributed by atoms with Gasteiger partial charge in [0.15, 0.2) is 6.61 Å². The van der Waals surface area contributed by atoms with Crippen LogP contribution in [0.3, 0.4) is 0 Å².